The molecular weight excluding hydrogens is 521 g/mol. The second-order valence-corrected chi connectivity index (χ2v) is 7.47. The first-order chi connectivity index (χ1) is 15.1. The van der Waals surface area contributed by atoms with E-state index in [-0.39, 0.29) is 29.4 Å². The quantitative estimate of drug-likeness (QED) is 0.285. The molecule has 7 nitrogen and oxygen atoms in total. The zero-order valence-electron chi connectivity index (χ0n) is 19.3. The second-order valence-electron chi connectivity index (χ2n) is 7.47. The number of anilines is 1. The summed E-state index contributed by atoms with van der Waals surface area (Å²) in [5, 5.41) is 6.86. The molecule has 3 rings (SSSR count). The average molecular weight is 555 g/mol. The second kappa shape index (κ2) is 12.7. The summed E-state index contributed by atoms with van der Waals surface area (Å²) in [6, 6.07) is 14.1. The van der Waals surface area contributed by atoms with Crippen LogP contribution in [0.2, 0.25) is 0 Å². The highest BCUT2D eigenvalue weighted by Crippen LogP contribution is 2.35. The first kappa shape index (κ1) is 26.1. The van der Waals surface area contributed by atoms with Crippen LogP contribution in [0.25, 0.3) is 0 Å². The van der Waals surface area contributed by atoms with Crippen molar-refractivity contribution in [2.45, 2.75) is 25.2 Å². The van der Waals surface area contributed by atoms with Crippen LogP contribution >= 0.6 is 24.0 Å². The summed E-state index contributed by atoms with van der Waals surface area (Å²) in [6.45, 7) is 4.78. The molecule has 0 aromatic heterocycles. The van der Waals surface area contributed by atoms with Crippen LogP contribution in [0.4, 0.5) is 5.69 Å². The first-order valence-corrected chi connectivity index (χ1v) is 10.6. The van der Waals surface area contributed by atoms with Gasteiger partial charge in [-0.2, -0.15) is 0 Å². The fourth-order valence-electron chi connectivity index (χ4n) is 3.86. The Morgan fingerprint density at radius 3 is 2.34 bits per heavy atom. The Labute approximate surface area is 207 Å². The number of benzene rings is 2. The molecule has 0 aliphatic carbocycles. The van der Waals surface area contributed by atoms with E-state index in [1.54, 1.807) is 21.3 Å². The molecule has 1 fully saturated rings. The number of aliphatic imine (C=N–C) groups is 1. The number of nitrogens with one attached hydrogen (secondary N) is 2. The van der Waals surface area contributed by atoms with Gasteiger partial charge in [0, 0.05) is 44.0 Å². The molecule has 32 heavy (non-hydrogen) atoms. The molecule has 1 heterocycles. The molecule has 0 bridgehead atoms. The molecule has 2 aromatic carbocycles. The Bertz CT molecular complexity index is 868. The molecule has 2 N–H and O–H groups in total. The Morgan fingerprint density at radius 1 is 1.03 bits per heavy atom. The van der Waals surface area contributed by atoms with Gasteiger partial charge in [0.1, 0.15) is 5.75 Å². The highest BCUT2D eigenvalue weighted by Gasteiger charge is 2.34. The normalized spacial score (nSPS) is 15.3. The van der Waals surface area contributed by atoms with Gasteiger partial charge in [0.05, 0.1) is 20.8 Å². The molecular formula is C24H34IN3O4. The highest BCUT2D eigenvalue weighted by molar-refractivity contribution is 14.0. The van der Waals surface area contributed by atoms with Crippen LogP contribution in [0.1, 0.15) is 25.3 Å². The topological polar surface area (TPSA) is 73.3 Å². The van der Waals surface area contributed by atoms with E-state index >= 15 is 0 Å². The number of hydrogen-bond acceptors (Lipinski definition) is 5. The van der Waals surface area contributed by atoms with E-state index in [0.717, 1.165) is 49.8 Å². The Balaban J connectivity index is 0.00000363. The maximum atomic E-state index is 5.65. The van der Waals surface area contributed by atoms with E-state index in [1.807, 2.05) is 37.3 Å². The van der Waals surface area contributed by atoms with Gasteiger partial charge in [-0.3, -0.25) is 4.99 Å². The standard InChI is InChI=1S/C24H33N3O4.HI/c1-5-31-21-11-8-19(16-22(21)29-4)27-23(25-2)26-17-24(12-14-30-15-13-24)18-6-9-20(28-3)10-7-18;/h6-11,16H,5,12-15,17H2,1-4H3,(H2,25,26,27);1H. The molecule has 0 amide bonds. The van der Waals surface area contributed by atoms with Crippen molar-refractivity contribution in [1.29, 1.82) is 0 Å². The lowest BCUT2D eigenvalue weighted by atomic mass is 9.74. The number of ether oxygens (including phenoxy) is 4. The van der Waals surface area contributed by atoms with Gasteiger partial charge in [-0.25, -0.2) is 0 Å². The van der Waals surface area contributed by atoms with Gasteiger partial charge < -0.3 is 29.6 Å². The van der Waals surface area contributed by atoms with Crippen molar-refractivity contribution in [3.05, 3.63) is 48.0 Å². The fraction of sp³-hybridized carbons (Fsp3) is 0.458. The van der Waals surface area contributed by atoms with Gasteiger partial charge in [0.2, 0.25) is 0 Å². The SMILES string of the molecule is CCOc1ccc(NC(=NC)NCC2(c3ccc(OC)cc3)CCOCC2)cc1OC.I. The summed E-state index contributed by atoms with van der Waals surface area (Å²) < 4.78 is 22.0. The molecule has 0 saturated carbocycles. The molecule has 0 unspecified atom stereocenters. The van der Waals surface area contributed by atoms with Crippen LogP contribution in [0, 0.1) is 0 Å². The molecule has 1 saturated heterocycles. The lowest BCUT2D eigenvalue weighted by Gasteiger charge is -2.38. The third-order valence-electron chi connectivity index (χ3n) is 5.70. The van der Waals surface area contributed by atoms with E-state index in [9.17, 15) is 0 Å². The number of nitrogens with zero attached hydrogens (tertiary/aromatic N) is 1. The molecule has 2 aromatic rings. The minimum Gasteiger partial charge on any atom is -0.497 e. The summed E-state index contributed by atoms with van der Waals surface area (Å²) in [6.07, 6.45) is 1.89. The van der Waals surface area contributed by atoms with Crippen LogP contribution in [0.3, 0.4) is 0 Å². The van der Waals surface area contributed by atoms with Gasteiger partial charge in [0.25, 0.3) is 0 Å². The zero-order chi connectivity index (χ0) is 22.1. The Hall–Kier alpha value is -2.20. The van der Waals surface area contributed by atoms with Crippen LogP contribution in [0.5, 0.6) is 17.2 Å². The minimum atomic E-state index is -0.0291. The number of methoxy groups -OCH3 is 2. The smallest absolute Gasteiger partial charge is 0.195 e. The van der Waals surface area contributed by atoms with Gasteiger partial charge in [-0.1, -0.05) is 12.1 Å². The summed E-state index contributed by atoms with van der Waals surface area (Å²) in [7, 11) is 5.09. The Kier molecular flexibility index (Phi) is 10.4. The molecule has 176 valence electrons. The van der Waals surface area contributed by atoms with E-state index in [1.165, 1.54) is 5.56 Å². The monoisotopic (exact) mass is 555 g/mol. The molecule has 0 radical (unpaired) electrons. The summed E-state index contributed by atoms with van der Waals surface area (Å²) in [4.78, 5) is 4.41. The van der Waals surface area contributed by atoms with Crippen LogP contribution < -0.4 is 24.8 Å². The largest absolute Gasteiger partial charge is 0.497 e. The van der Waals surface area contributed by atoms with Gasteiger partial charge >= 0.3 is 0 Å². The minimum absolute atomic E-state index is 0. The van der Waals surface area contributed by atoms with Crippen molar-refractivity contribution in [2.24, 2.45) is 4.99 Å². The molecule has 1 aliphatic rings. The van der Waals surface area contributed by atoms with E-state index in [2.05, 4.69) is 27.8 Å². The maximum Gasteiger partial charge on any atom is 0.195 e. The molecule has 0 atom stereocenters. The highest BCUT2D eigenvalue weighted by atomic mass is 127. The van der Waals surface area contributed by atoms with Crippen molar-refractivity contribution in [3.8, 4) is 17.2 Å². The maximum absolute atomic E-state index is 5.65. The number of rotatable bonds is 8. The van der Waals surface area contributed by atoms with Crippen LogP contribution in [-0.2, 0) is 10.2 Å². The van der Waals surface area contributed by atoms with Crippen molar-refractivity contribution in [2.75, 3.05) is 52.9 Å². The van der Waals surface area contributed by atoms with Crippen molar-refractivity contribution in [3.63, 3.8) is 0 Å². The molecule has 0 spiro atoms. The first-order valence-electron chi connectivity index (χ1n) is 10.6. The van der Waals surface area contributed by atoms with Gasteiger partial charge in [-0.05, 0) is 49.6 Å². The summed E-state index contributed by atoms with van der Waals surface area (Å²) in [5.74, 6) is 2.96. The summed E-state index contributed by atoms with van der Waals surface area (Å²) >= 11 is 0. The van der Waals surface area contributed by atoms with E-state index < -0.39 is 0 Å². The lowest BCUT2D eigenvalue weighted by Crippen LogP contribution is -2.46. The third-order valence-corrected chi connectivity index (χ3v) is 5.70. The number of guanidine groups is 1. The zero-order valence-corrected chi connectivity index (χ0v) is 21.6. The van der Waals surface area contributed by atoms with Crippen molar-refractivity contribution < 1.29 is 18.9 Å². The average Bonchev–Trinajstić information content (AvgIpc) is 2.83. The van der Waals surface area contributed by atoms with Gasteiger partial charge in [-0.15, -0.1) is 24.0 Å². The van der Waals surface area contributed by atoms with Crippen molar-refractivity contribution in [1.82, 2.24) is 5.32 Å². The molecule has 8 heteroatoms. The predicted octanol–water partition coefficient (Wildman–Crippen LogP) is 4.46. The Morgan fingerprint density at radius 2 is 1.75 bits per heavy atom. The third kappa shape index (κ3) is 6.41. The summed E-state index contributed by atoms with van der Waals surface area (Å²) in [5.41, 5.74) is 2.12. The van der Waals surface area contributed by atoms with E-state index in [4.69, 9.17) is 18.9 Å². The van der Waals surface area contributed by atoms with E-state index in [0.29, 0.717) is 18.3 Å². The van der Waals surface area contributed by atoms with Crippen molar-refractivity contribution >= 4 is 35.6 Å². The fourth-order valence-corrected chi connectivity index (χ4v) is 3.86. The lowest BCUT2D eigenvalue weighted by molar-refractivity contribution is 0.0514. The predicted molar refractivity (Wildman–Crippen MR) is 139 cm³/mol. The van der Waals surface area contributed by atoms with Crippen LogP contribution in [-0.4, -0.2) is 53.6 Å². The van der Waals surface area contributed by atoms with Crippen LogP contribution in [0.15, 0.2) is 47.5 Å². The number of hydrogen-bond donors (Lipinski definition) is 2. The number of halogens is 1. The molecule has 1 aliphatic heterocycles. The van der Waals surface area contributed by atoms with Gasteiger partial charge in [0.15, 0.2) is 17.5 Å².